The van der Waals surface area contributed by atoms with Gasteiger partial charge < -0.3 is 11.5 Å². The van der Waals surface area contributed by atoms with E-state index in [2.05, 4.69) is 0 Å². The molecule has 2 aliphatic carbocycles. The van der Waals surface area contributed by atoms with Crippen molar-refractivity contribution < 1.29 is 9.59 Å². The molecule has 2 amide bonds. The topological polar surface area (TPSA) is 86.2 Å². The highest BCUT2D eigenvalue weighted by Crippen LogP contribution is 2.48. The van der Waals surface area contributed by atoms with Gasteiger partial charge in [0.2, 0.25) is 11.8 Å². The van der Waals surface area contributed by atoms with Crippen LogP contribution in [-0.2, 0) is 9.59 Å². The molecule has 0 radical (unpaired) electrons. The van der Waals surface area contributed by atoms with E-state index in [4.69, 9.17) is 11.5 Å². The maximum atomic E-state index is 11.1. The Morgan fingerprint density at radius 3 is 1.69 bits per heavy atom. The lowest BCUT2D eigenvalue weighted by Crippen LogP contribution is -2.26. The molecule has 2 rings (SSSR count). The average molecular weight is 180 g/mol. The molecule has 4 nitrogen and oxygen atoms in total. The van der Waals surface area contributed by atoms with Crippen LogP contribution in [-0.4, -0.2) is 11.8 Å². The minimum absolute atomic E-state index is 0.199. The highest BCUT2D eigenvalue weighted by atomic mass is 16.2. The fourth-order valence-corrected chi connectivity index (χ4v) is 2.61. The van der Waals surface area contributed by atoms with Crippen LogP contribution in [0.4, 0.5) is 0 Å². The van der Waals surface area contributed by atoms with Gasteiger partial charge in [0.1, 0.15) is 0 Å². The lowest BCUT2D eigenvalue weighted by Gasteiger charge is -2.14. The van der Waals surface area contributed by atoms with Gasteiger partial charge in [-0.3, -0.25) is 9.59 Å². The average Bonchev–Trinajstić information content (AvgIpc) is 2.60. The lowest BCUT2D eigenvalue weighted by atomic mass is 9.91. The van der Waals surface area contributed by atoms with Crippen LogP contribution in [0.1, 0.15) is 19.3 Å². The molecule has 70 valence electrons. The number of carbonyl (C=O) groups excluding carboxylic acids is 2. The van der Waals surface area contributed by atoms with E-state index in [-0.39, 0.29) is 11.8 Å². The van der Waals surface area contributed by atoms with Gasteiger partial charge >= 0.3 is 0 Å². The SMILES string of the molecule is NC(=O)C1=C(C(N)=O)C2CCC1C2. The molecular weight excluding hydrogens is 168 g/mol. The van der Waals surface area contributed by atoms with Crippen molar-refractivity contribution in [3.8, 4) is 0 Å². The van der Waals surface area contributed by atoms with Crippen molar-refractivity contribution in [3.05, 3.63) is 11.1 Å². The molecule has 4 N–H and O–H groups in total. The number of nitrogens with two attached hydrogens (primary N) is 2. The first-order valence-electron chi connectivity index (χ1n) is 4.45. The molecule has 2 aliphatic rings. The molecule has 1 fully saturated rings. The predicted molar refractivity (Wildman–Crippen MR) is 46.2 cm³/mol. The number of hydrogen-bond donors (Lipinski definition) is 2. The van der Waals surface area contributed by atoms with E-state index >= 15 is 0 Å². The van der Waals surface area contributed by atoms with Crippen molar-refractivity contribution in [2.75, 3.05) is 0 Å². The number of amides is 2. The van der Waals surface area contributed by atoms with Gasteiger partial charge in [0.15, 0.2) is 0 Å². The monoisotopic (exact) mass is 180 g/mol. The number of hydrogen-bond acceptors (Lipinski definition) is 2. The third kappa shape index (κ3) is 1.05. The molecule has 0 aliphatic heterocycles. The summed E-state index contributed by atoms with van der Waals surface area (Å²) < 4.78 is 0. The minimum atomic E-state index is -0.471. The molecule has 2 bridgehead atoms. The summed E-state index contributed by atoms with van der Waals surface area (Å²) in [7, 11) is 0. The minimum Gasteiger partial charge on any atom is -0.366 e. The first kappa shape index (κ1) is 8.29. The molecule has 0 aromatic heterocycles. The van der Waals surface area contributed by atoms with Crippen LogP contribution in [0.15, 0.2) is 11.1 Å². The summed E-state index contributed by atoms with van der Waals surface area (Å²) >= 11 is 0. The van der Waals surface area contributed by atoms with E-state index in [1.54, 1.807) is 0 Å². The Morgan fingerprint density at radius 2 is 1.38 bits per heavy atom. The second-order valence-corrected chi connectivity index (χ2v) is 3.76. The molecule has 0 aromatic carbocycles. The predicted octanol–water partition coefficient (Wildman–Crippen LogP) is -0.317. The molecule has 1 saturated carbocycles. The zero-order valence-corrected chi connectivity index (χ0v) is 7.25. The molecule has 0 heterocycles. The van der Waals surface area contributed by atoms with Gasteiger partial charge in [-0.15, -0.1) is 0 Å². The van der Waals surface area contributed by atoms with Crippen LogP contribution < -0.4 is 11.5 Å². The van der Waals surface area contributed by atoms with E-state index in [9.17, 15) is 9.59 Å². The van der Waals surface area contributed by atoms with Gasteiger partial charge in [-0.25, -0.2) is 0 Å². The standard InChI is InChI=1S/C9H12N2O2/c10-8(12)6-4-1-2-5(3-4)7(6)9(11)13/h4-5H,1-3H2,(H2,10,12)(H2,11,13). The number of fused-ring (bicyclic) bond motifs is 2. The van der Waals surface area contributed by atoms with Gasteiger partial charge in [-0.1, -0.05) is 0 Å². The normalized spacial score (nSPS) is 31.1. The summed E-state index contributed by atoms with van der Waals surface area (Å²) in [6.07, 6.45) is 2.83. The van der Waals surface area contributed by atoms with Crippen LogP contribution >= 0.6 is 0 Å². The maximum absolute atomic E-state index is 11.1. The zero-order valence-electron chi connectivity index (χ0n) is 7.25. The summed E-state index contributed by atoms with van der Waals surface area (Å²) in [6, 6.07) is 0. The fraction of sp³-hybridized carbons (Fsp3) is 0.556. The molecule has 2 unspecified atom stereocenters. The van der Waals surface area contributed by atoms with Gasteiger partial charge in [-0.05, 0) is 31.1 Å². The Hall–Kier alpha value is -1.32. The second kappa shape index (κ2) is 2.58. The van der Waals surface area contributed by atoms with Crippen LogP contribution in [0.3, 0.4) is 0 Å². The quantitative estimate of drug-likeness (QED) is 0.610. The summed E-state index contributed by atoms with van der Waals surface area (Å²) in [4.78, 5) is 22.1. The van der Waals surface area contributed by atoms with Gasteiger partial charge in [-0.2, -0.15) is 0 Å². The largest absolute Gasteiger partial charge is 0.366 e. The number of primary amides is 2. The maximum Gasteiger partial charge on any atom is 0.245 e. The molecular formula is C9H12N2O2. The zero-order chi connectivity index (χ0) is 9.59. The van der Waals surface area contributed by atoms with Crippen molar-refractivity contribution >= 4 is 11.8 Å². The molecule has 0 spiro atoms. The Bertz CT molecular complexity index is 290. The molecule has 13 heavy (non-hydrogen) atoms. The third-order valence-electron chi connectivity index (χ3n) is 3.07. The van der Waals surface area contributed by atoms with Crippen molar-refractivity contribution in [1.82, 2.24) is 0 Å². The summed E-state index contributed by atoms with van der Waals surface area (Å²) in [5.41, 5.74) is 11.4. The van der Waals surface area contributed by atoms with Gasteiger partial charge in [0.05, 0.1) is 0 Å². The first-order valence-corrected chi connectivity index (χ1v) is 4.45. The Kier molecular flexibility index (Phi) is 1.65. The van der Waals surface area contributed by atoms with E-state index in [0.717, 1.165) is 19.3 Å². The Morgan fingerprint density at radius 1 is 1.00 bits per heavy atom. The molecule has 2 atom stereocenters. The van der Waals surface area contributed by atoms with Crippen molar-refractivity contribution in [2.24, 2.45) is 23.3 Å². The summed E-state index contributed by atoms with van der Waals surface area (Å²) in [6.45, 7) is 0. The highest BCUT2D eigenvalue weighted by Gasteiger charge is 2.43. The third-order valence-corrected chi connectivity index (χ3v) is 3.07. The first-order chi connectivity index (χ1) is 6.11. The van der Waals surface area contributed by atoms with Crippen LogP contribution in [0.25, 0.3) is 0 Å². The highest BCUT2D eigenvalue weighted by molar-refractivity contribution is 6.05. The number of carbonyl (C=O) groups is 2. The number of rotatable bonds is 2. The summed E-state index contributed by atoms with van der Waals surface area (Å²) in [5, 5.41) is 0. The van der Waals surface area contributed by atoms with E-state index < -0.39 is 11.8 Å². The molecule has 4 heteroatoms. The van der Waals surface area contributed by atoms with Crippen LogP contribution in [0.2, 0.25) is 0 Å². The van der Waals surface area contributed by atoms with E-state index in [1.165, 1.54) is 0 Å². The fourth-order valence-electron chi connectivity index (χ4n) is 2.61. The smallest absolute Gasteiger partial charge is 0.245 e. The Labute approximate surface area is 76.0 Å². The van der Waals surface area contributed by atoms with Crippen LogP contribution in [0.5, 0.6) is 0 Å². The molecule has 0 saturated heterocycles. The van der Waals surface area contributed by atoms with Crippen molar-refractivity contribution in [1.29, 1.82) is 0 Å². The Balaban J connectivity index is 2.46. The van der Waals surface area contributed by atoms with Crippen molar-refractivity contribution in [2.45, 2.75) is 19.3 Å². The van der Waals surface area contributed by atoms with Gasteiger partial charge in [0, 0.05) is 11.1 Å². The van der Waals surface area contributed by atoms with Crippen molar-refractivity contribution in [3.63, 3.8) is 0 Å². The molecule has 0 aromatic rings. The summed E-state index contributed by atoms with van der Waals surface area (Å²) in [5.74, 6) is -0.544. The lowest BCUT2D eigenvalue weighted by molar-refractivity contribution is -0.117. The van der Waals surface area contributed by atoms with E-state index in [1.807, 2.05) is 0 Å². The van der Waals surface area contributed by atoms with E-state index in [0.29, 0.717) is 11.1 Å². The second-order valence-electron chi connectivity index (χ2n) is 3.76. The van der Waals surface area contributed by atoms with Crippen LogP contribution in [0, 0.1) is 11.8 Å². The van der Waals surface area contributed by atoms with Gasteiger partial charge in [0.25, 0.3) is 0 Å².